The summed E-state index contributed by atoms with van der Waals surface area (Å²) in [4.78, 5) is 0. The van der Waals surface area contributed by atoms with Gasteiger partial charge in [-0.05, 0) is 32.4 Å². The van der Waals surface area contributed by atoms with Crippen LogP contribution in [0.3, 0.4) is 0 Å². The molecular formula is C8H12F2. The average Bonchev–Trinajstić information content (AvgIpc) is 1.85. The van der Waals surface area contributed by atoms with Gasteiger partial charge in [-0.25, -0.2) is 8.78 Å². The zero-order valence-corrected chi connectivity index (χ0v) is 6.54. The van der Waals surface area contributed by atoms with E-state index in [1.54, 1.807) is 13.8 Å². The number of rotatable bonds is 2. The van der Waals surface area contributed by atoms with E-state index < -0.39 is 12.5 Å². The van der Waals surface area contributed by atoms with Gasteiger partial charge in [0, 0.05) is 0 Å². The molecule has 10 heavy (non-hydrogen) atoms. The molecule has 0 radical (unpaired) electrons. The monoisotopic (exact) mass is 146 g/mol. The first-order valence-corrected chi connectivity index (χ1v) is 3.14. The first-order valence-electron chi connectivity index (χ1n) is 3.14. The van der Waals surface area contributed by atoms with E-state index in [0.717, 1.165) is 5.57 Å². The summed E-state index contributed by atoms with van der Waals surface area (Å²) in [6, 6.07) is 0. The summed E-state index contributed by atoms with van der Waals surface area (Å²) in [6.07, 6.45) is 1.33. The molecule has 0 amide bonds. The molecule has 0 fully saturated rings. The van der Waals surface area contributed by atoms with Crippen molar-refractivity contribution >= 4 is 0 Å². The Morgan fingerprint density at radius 2 is 1.80 bits per heavy atom. The van der Waals surface area contributed by atoms with Crippen LogP contribution < -0.4 is 0 Å². The van der Waals surface area contributed by atoms with E-state index in [2.05, 4.69) is 0 Å². The lowest BCUT2D eigenvalue weighted by Gasteiger charge is -1.93. The molecule has 0 spiro atoms. The number of allylic oxidation sites excluding steroid dienone is 4. The van der Waals surface area contributed by atoms with Crippen LogP contribution in [-0.2, 0) is 0 Å². The maximum Gasteiger partial charge on any atom is 0.124 e. The Kier molecular flexibility index (Phi) is 3.93. The molecule has 0 N–H and O–H groups in total. The van der Waals surface area contributed by atoms with Gasteiger partial charge in [-0.15, -0.1) is 0 Å². The molecule has 0 aromatic rings. The van der Waals surface area contributed by atoms with Crippen LogP contribution in [0.5, 0.6) is 0 Å². The molecule has 0 unspecified atom stereocenters. The molecule has 0 saturated carbocycles. The third kappa shape index (κ3) is 3.38. The van der Waals surface area contributed by atoms with Crippen LogP contribution >= 0.6 is 0 Å². The van der Waals surface area contributed by atoms with E-state index in [1.165, 1.54) is 13.0 Å². The normalized spacial score (nSPS) is 12.5. The van der Waals surface area contributed by atoms with Crippen molar-refractivity contribution < 1.29 is 8.78 Å². The van der Waals surface area contributed by atoms with Crippen molar-refractivity contribution in [1.82, 2.24) is 0 Å². The summed E-state index contributed by atoms with van der Waals surface area (Å²) in [5.41, 5.74) is 0.992. The van der Waals surface area contributed by atoms with Crippen LogP contribution in [0.2, 0.25) is 0 Å². The smallest absolute Gasteiger partial charge is 0.124 e. The van der Waals surface area contributed by atoms with E-state index in [-0.39, 0.29) is 5.57 Å². The van der Waals surface area contributed by atoms with E-state index in [1.807, 2.05) is 0 Å². The molecular weight excluding hydrogens is 134 g/mol. The highest BCUT2D eigenvalue weighted by Gasteiger charge is 1.95. The maximum atomic E-state index is 12.6. The second-order valence-electron chi connectivity index (χ2n) is 2.48. The van der Waals surface area contributed by atoms with Crippen molar-refractivity contribution in [2.75, 3.05) is 6.67 Å². The topological polar surface area (TPSA) is 0 Å². The molecule has 0 heterocycles. The van der Waals surface area contributed by atoms with Crippen LogP contribution in [-0.4, -0.2) is 6.67 Å². The second kappa shape index (κ2) is 4.20. The summed E-state index contributed by atoms with van der Waals surface area (Å²) in [6.45, 7) is 4.26. The Hall–Kier alpha value is -0.660. The van der Waals surface area contributed by atoms with Crippen molar-refractivity contribution in [3.8, 4) is 0 Å². The van der Waals surface area contributed by atoms with Gasteiger partial charge in [0.2, 0.25) is 0 Å². The predicted molar refractivity (Wildman–Crippen MR) is 39.2 cm³/mol. The van der Waals surface area contributed by atoms with Gasteiger partial charge in [0.25, 0.3) is 0 Å². The minimum atomic E-state index is -0.713. The molecule has 0 aliphatic heterocycles. The summed E-state index contributed by atoms with van der Waals surface area (Å²) in [5.74, 6) is -0.456. The van der Waals surface area contributed by atoms with Crippen molar-refractivity contribution in [2.24, 2.45) is 0 Å². The summed E-state index contributed by atoms with van der Waals surface area (Å²) in [5, 5.41) is 0. The zero-order chi connectivity index (χ0) is 8.15. The van der Waals surface area contributed by atoms with E-state index in [0.29, 0.717) is 0 Å². The van der Waals surface area contributed by atoms with Gasteiger partial charge < -0.3 is 0 Å². The van der Waals surface area contributed by atoms with E-state index in [4.69, 9.17) is 0 Å². The quantitative estimate of drug-likeness (QED) is 0.525. The van der Waals surface area contributed by atoms with Crippen molar-refractivity contribution in [1.29, 1.82) is 0 Å². The van der Waals surface area contributed by atoms with Gasteiger partial charge >= 0.3 is 0 Å². The van der Waals surface area contributed by atoms with Crippen LogP contribution in [0.4, 0.5) is 8.78 Å². The fourth-order valence-corrected chi connectivity index (χ4v) is 0.440. The SMILES string of the molecule is CC(C)=C/C(F)=C(/C)CF. The van der Waals surface area contributed by atoms with Crippen LogP contribution in [0.1, 0.15) is 20.8 Å². The molecule has 58 valence electrons. The van der Waals surface area contributed by atoms with Gasteiger partial charge in [-0.1, -0.05) is 5.57 Å². The molecule has 0 aromatic carbocycles. The highest BCUT2D eigenvalue weighted by molar-refractivity contribution is 5.20. The Morgan fingerprint density at radius 1 is 1.30 bits per heavy atom. The third-order valence-electron chi connectivity index (χ3n) is 1.02. The van der Waals surface area contributed by atoms with E-state index >= 15 is 0 Å². The number of hydrogen-bond acceptors (Lipinski definition) is 0. The standard InChI is InChI=1S/C8H12F2/c1-6(2)4-8(10)7(3)5-9/h4H,5H2,1-3H3/b8-7+. The Morgan fingerprint density at radius 3 is 2.10 bits per heavy atom. The first-order chi connectivity index (χ1) is 4.57. The molecule has 0 bridgehead atoms. The summed E-state index contributed by atoms with van der Waals surface area (Å²) >= 11 is 0. The minimum Gasteiger partial charge on any atom is -0.246 e. The highest BCUT2D eigenvalue weighted by Crippen LogP contribution is 2.09. The highest BCUT2D eigenvalue weighted by atomic mass is 19.1. The Labute approximate surface area is 60.2 Å². The molecule has 0 saturated heterocycles. The third-order valence-corrected chi connectivity index (χ3v) is 1.02. The van der Waals surface area contributed by atoms with Crippen molar-refractivity contribution in [2.45, 2.75) is 20.8 Å². The Bertz CT molecular complexity index is 162. The number of alkyl halides is 1. The van der Waals surface area contributed by atoms with Gasteiger partial charge in [-0.2, -0.15) is 0 Å². The lowest BCUT2D eigenvalue weighted by molar-refractivity contribution is 0.525. The zero-order valence-electron chi connectivity index (χ0n) is 6.54. The first kappa shape index (κ1) is 9.34. The summed E-state index contributed by atoms with van der Waals surface area (Å²) < 4.78 is 24.4. The van der Waals surface area contributed by atoms with Gasteiger partial charge in [-0.3, -0.25) is 0 Å². The number of halogens is 2. The van der Waals surface area contributed by atoms with Crippen LogP contribution in [0.15, 0.2) is 23.0 Å². The fourth-order valence-electron chi connectivity index (χ4n) is 0.440. The van der Waals surface area contributed by atoms with Gasteiger partial charge in [0.1, 0.15) is 12.5 Å². The minimum absolute atomic E-state index is 0.154. The van der Waals surface area contributed by atoms with Crippen molar-refractivity contribution in [3.63, 3.8) is 0 Å². The van der Waals surface area contributed by atoms with E-state index in [9.17, 15) is 8.78 Å². The van der Waals surface area contributed by atoms with Gasteiger partial charge in [0.05, 0.1) is 0 Å². The molecule has 2 heteroatoms. The average molecular weight is 146 g/mol. The second-order valence-corrected chi connectivity index (χ2v) is 2.48. The maximum absolute atomic E-state index is 12.6. The number of hydrogen-bond donors (Lipinski definition) is 0. The molecule has 0 rings (SSSR count). The summed E-state index contributed by atoms with van der Waals surface area (Å²) in [7, 11) is 0. The Balaban J connectivity index is 4.33. The predicted octanol–water partition coefficient (Wildman–Crippen LogP) is 3.17. The fraction of sp³-hybridized carbons (Fsp3) is 0.500. The molecule has 0 aliphatic rings. The molecule has 0 nitrogen and oxygen atoms in total. The lowest BCUT2D eigenvalue weighted by atomic mass is 10.2. The molecule has 0 atom stereocenters. The molecule has 0 aromatic heterocycles. The largest absolute Gasteiger partial charge is 0.246 e. The van der Waals surface area contributed by atoms with Crippen LogP contribution in [0, 0.1) is 0 Å². The lowest BCUT2D eigenvalue weighted by Crippen LogP contribution is -1.81. The van der Waals surface area contributed by atoms with Gasteiger partial charge in [0.15, 0.2) is 0 Å². The molecule has 0 aliphatic carbocycles. The van der Waals surface area contributed by atoms with Crippen LogP contribution in [0.25, 0.3) is 0 Å². The van der Waals surface area contributed by atoms with Crippen molar-refractivity contribution in [3.05, 3.63) is 23.0 Å².